The Morgan fingerprint density at radius 2 is 1.94 bits per heavy atom. The lowest BCUT2D eigenvalue weighted by atomic mass is 10.1. The van der Waals surface area contributed by atoms with Gasteiger partial charge in [0.25, 0.3) is 0 Å². The molecule has 1 radical (unpaired) electrons. The summed E-state index contributed by atoms with van der Waals surface area (Å²) in [6, 6.07) is 4.17. The number of rotatable bonds is 5. The van der Waals surface area contributed by atoms with Crippen molar-refractivity contribution in [2.24, 2.45) is 0 Å². The molecule has 1 aromatic rings. The summed E-state index contributed by atoms with van der Waals surface area (Å²) in [4.78, 5) is 21.3. The van der Waals surface area contributed by atoms with Crippen molar-refractivity contribution in [3.05, 3.63) is 29.8 Å². The second-order valence-corrected chi connectivity index (χ2v) is 4.49. The normalized spacial score (nSPS) is 12.8. The van der Waals surface area contributed by atoms with E-state index in [1.165, 1.54) is 37.5 Å². The maximum atomic E-state index is 10.7. The third-order valence-corrected chi connectivity index (χ3v) is 2.39. The largest absolute Gasteiger partial charge is 0.427 e. The van der Waals surface area contributed by atoms with E-state index in [9.17, 15) is 18.0 Å². The molecule has 18 heavy (non-hydrogen) atoms. The van der Waals surface area contributed by atoms with Gasteiger partial charge in [-0.2, -0.15) is 13.1 Å². The topological polar surface area (TPSA) is 110 Å². The smallest absolute Gasteiger partial charge is 0.334 e. The molecule has 0 aliphatic carbocycles. The zero-order valence-electron chi connectivity index (χ0n) is 9.28. The summed E-state index contributed by atoms with van der Waals surface area (Å²) in [6.07, 6.45) is 1.43. The van der Waals surface area contributed by atoms with Gasteiger partial charge in [-0.05, 0) is 17.7 Å². The predicted octanol–water partition coefficient (Wildman–Crippen LogP) is 0.155. The summed E-state index contributed by atoms with van der Waals surface area (Å²) in [6.45, 7) is 1.23. The molecule has 0 amide bonds. The molecule has 7 nitrogen and oxygen atoms in total. The number of hydrogen-bond donors (Lipinski definition) is 2. The number of nitrogens with one attached hydrogen (secondary N) is 1. The lowest BCUT2D eigenvalue weighted by Gasteiger charge is -2.10. The Labute approximate surface area is 104 Å². The van der Waals surface area contributed by atoms with Crippen LogP contribution in [0.5, 0.6) is 5.75 Å². The van der Waals surface area contributed by atoms with Crippen molar-refractivity contribution in [3.63, 3.8) is 0 Å². The van der Waals surface area contributed by atoms with Crippen molar-refractivity contribution in [2.45, 2.75) is 13.0 Å². The molecule has 0 bridgehead atoms. The fourth-order valence-corrected chi connectivity index (χ4v) is 1.69. The lowest BCUT2D eigenvalue weighted by Crippen LogP contribution is -2.28. The summed E-state index contributed by atoms with van der Waals surface area (Å²) >= 11 is 0. The summed E-state index contributed by atoms with van der Waals surface area (Å²) in [5.41, 5.74) is 0.249. The first-order valence-corrected chi connectivity index (χ1v) is 6.16. The van der Waals surface area contributed by atoms with Crippen molar-refractivity contribution in [1.29, 1.82) is 0 Å². The molecule has 2 N–H and O–H groups in total. The fourth-order valence-electron chi connectivity index (χ4n) is 1.20. The van der Waals surface area contributed by atoms with Crippen LogP contribution in [0.4, 0.5) is 0 Å². The molecule has 8 heteroatoms. The van der Waals surface area contributed by atoms with Gasteiger partial charge in [-0.3, -0.25) is 14.1 Å². The standard InChI is InChI=1S/C10H10NO6S/c1-7(13)17-9-4-2-8(3-5-9)10(6-12)11-18(14,15)16/h2-5,10-11H,1H3,(H,14,15,16). The Hall–Kier alpha value is -1.77. The first kappa shape index (κ1) is 14.3. The monoisotopic (exact) mass is 272 g/mol. The van der Waals surface area contributed by atoms with Gasteiger partial charge in [0.05, 0.1) is 0 Å². The molecule has 1 rings (SSSR count). The van der Waals surface area contributed by atoms with Gasteiger partial charge in [0.2, 0.25) is 6.29 Å². The van der Waals surface area contributed by atoms with E-state index in [0.29, 0.717) is 0 Å². The van der Waals surface area contributed by atoms with Crippen molar-refractivity contribution in [1.82, 2.24) is 4.72 Å². The highest BCUT2D eigenvalue weighted by atomic mass is 32.2. The molecule has 0 aliphatic heterocycles. The molecule has 0 heterocycles. The number of carbonyl (C=O) groups excluding carboxylic acids is 2. The van der Waals surface area contributed by atoms with Crippen LogP contribution in [0.15, 0.2) is 24.3 Å². The molecule has 1 atom stereocenters. The molecule has 0 saturated heterocycles. The van der Waals surface area contributed by atoms with E-state index in [2.05, 4.69) is 0 Å². The molecule has 0 spiro atoms. The first-order valence-electron chi connectivity index (χ1n) is 4.72. The number of benzene rings is 1. The van der Waals surface area contributed by atoms with E-state index in [4.69, 9.17) is 9.29 Å². The van der Waals surface area contributed by atoms with Gasteiger partial charge in [-0.15, -0.1) is 0 Å². The van der Waals surface area contributed by atoms with Crippen LogP contribution in [0.1, 0.15) is 18.5 Å². The van der Waals surface area contributed by atoms with E-state index in [1.807, 2.05) is 0 Å². The summed E-state index contributed by atoms with van der Waals surface area (Å²) < 4.78 is 36.2. The molecule has 0 aliphatic rings. The molecule has 1 unspecified atom stereocenters. The quantitative estimate of drug-likeness (QED) is 0.448. The molecule has 0 aromatic heterocycles. The van der Waals surface area contributed by atoms with Crippen LogP contribution in [-0.2, 0) is 19.9 Å². The molecule has 97 valence electrons. The van der Waals surface area contributed by atoms with Crippen LogP contribution in [0.3, 0.4) is 0 Å². The minimum absolute atomic E-state index is 0.249. The number of hydrogen-bond acceptors (Lipinski definition) is 5. The Balaban J connectivity index is 2.88. The number of carbonyl (C=O) groups is 1. The van der Waals surface area contributed by atoms with E-state index < -0.39 is 22.3 Å². The lowest BCUT2D eigenvalue weighted by molar-refractivity contribution is -0.131. The van der Waals surface area contributed by atoms with Gasteiger partial charge in [-0.25, -0.2) is 0 Å². The second-order valence-electron chi connectivity index (χ2n) is 3.31. The highest BCUT2D eigenvalue weighted by Crippen LogP contribution is 2.17. The SMILES string of the molecule is CC(=O)Oc1ccc(C([C]=O)NS(=O)(=O)O)cc1. The number of ether oxygens (including phenoxy) is 1. The van der Waals surface area contributed by atoms with Gasteiger partial charge in [0.1, 0.15) is 11.8 Å². The van der Waals surface area contributed by atoms with Gasteiger partial charge in [0.15, 0.2) is 0 Å². The van der Waals surface area contributed by atoms with Crippen LogP contribution in [0.25, 0.3) is 0 Å². The molecule has 0 saturated carbocycles. The van der Waals surface area contributed by atoms with Gasteiger partial charge >= 0.3 is 16.3 Å². The molecule has 1 aromatic carbocycles. The molecular formula is C10H10NO6S. The third kappa shape index (κ3) is 4.62. The van der Waals surface area contributed by atoms with Crippen molar-refractivity contribution >= 4 is 22.6 Å². The summed E-state index contributed by atoms with van der Waals surface area (Å²) in [5.74, 6) is -0.250. The van der Waals surface area contributed by atoms with E-state index >= 15 is 0 Å². The Morgan fingerprint density at radius 3 is 2.33 bits per heavy atom. The Bertz CT molecular complexity index is 536. The van der Waals surface area contributed by atoms with E-state index in [1.54, 1.807) is 4.72 Å². The summed E-state index contributed by atoms with van der Waals surface area (Å²) in [7, 11) is -4.51. The zero-order valence-corrected chi connectivity index (χ0v) is 10.1. The van der Waals surface area contributed by atoms with Gasteiger partial charge < -0.3 is 4.74 Å². The van der Waals surface area contributed by atoms with Crippen LogP contribution < -0.4 is 9.46 Å². The van der Waals surface area contributed by atoms with Gasteiger partial charge in [-0.1, -0.05) is 12.1 Å². The van der Waals surface area contributed by atoms with Gasteiger partial charge in [0, 0.05) is 6.92 Å². The predicted molar refractivity (Wildman–Crippen MR) is 60.9 cm³/mol. The first-order chi connectivity index (χ1) is 8.31. The molecular weight excluding hydrogens is 262 g/mol. The maximum absolute atomic E-state index is 10.7. The van der Waals surface area contributed by atoms with Crippen LogP contribution in [0, 0.1) is 0 Å². The Morgan fingerprint density at radius 1 is 1.39 bits per heavy atom. The van der Waals surface area contributed by atoms with E-state index in [0.717, 1.165) is 0 Å². The van der Waals surface area contributed by atoms with E-state index in [-0.39, 0.29) is 11.3 Å². The highest BCUT2D eigenvalue weighted by molar-refractivity contribution is 7.83. The average Bonchev–Trinajstić information content (AvgIpc) is 2.25. The third-order valence-electron chi connectivity index (χ3n) is 1.86. The highest BCUT2D eigenvalue weighted by Gasteiger charge is 2.17. The van der Waals surface area contributed by atoms with Crippen LogP contribution >= 0.6 is 0 Å². The fraction of sp³-hybridized carbons (Fsp3) is 0.200. The summed E-state index contributed by atoms with van der Waals surface area (Å²) in [5, 5.41) is 0. The van der Waals surface area contributed by atoms with Crippen molar-refractivity contribution in [3.8, 4) is 5.75 Å². The average molecular weight is 272 g/mol. The second kappa shape index (κ2) is 5.71. The maximum Gasteiger partial charge on any atom is 0.334 e. The zero-order chi connectivity index (χ0) is 13.8. The molecule has 0 fully saturated rings. The minimum Gasteiger partial charge on any atom is -0.427 e. The van der Waals surface area contributed by atoms with Crippen molar-refractivity contribution < 1.29 is 27.3 Å². The Kier molecular flexibility index (Phi) is 4.54. The van der Waals surface area contributed by atoms with Crippen molar-refractivity contribution in [2.75, 3.05) is 0 Å². The van der Waals surface area contributed by atoms with Crippen LogP contribution in [0.2, 0.25) is 0 Å². The number of esters is 1. The minimum atomic E-state index is -4.51. The van der Waals surface area contributed by atoms with Crippen LogP contribution in [-0.4, -0.2) is 25.2 Å².